The van der Waals surface area contributed by atoms with Crippen LogP contribution in [-0.4, -0.2) is 41.8 Å². The predicted octanol–water partition coefficient (Wildman–Crippen LogP) is 7.66. The number of alkyl halides is 9. The molecule has 0 saturated carbocycles. The molecule has 41 heavy (non-hydrogen) atoms. The summed E-state index contributed by atoms with van der Waals surface area (Å²) < 4.78 is 124. The van der Waals surface area contributed by atoms with Crippen molar-refractivity contribution in [1.29, 1.82) is 0 Å². The monoisotopic (exact) mass is 599 g/mol. The number of nitrogens with zero attached hydrogens (tertiary/aromatic N) is 1. The summed E-state index contributed by atoms with van der Waals surface area (Å²) in [5.41, 5.74) is -5.52. The molecule has 226 valence electrons. The Kier molecular flexibility index (Phi) is 8.80. The minimum Gasteiger partial charge on any atom is -0.444 e. The van der Waals surface area contributed by atoms with E-state index in [2.05, 4.69) is 5.32 Å². The Labute approximate surface area is 228 Å². The zero-order valence-corrected chi connectivity index (χ0v) is 21.9. The quantitative estimate of drug-likeness (QED) is 0.356. The van der Waals surface area contributed by atoms with Gasteiger partial charge in [0.15, 0.2) is 0 Å². The van der Waals surface area contributed by atoms with E-state index in [1.54, 1.807) is 20.8 Å². The van der Waals surface area contributed by atoms with E-state index in [1.165, 1.54) is 17.0 Å². The summed E-state index contributed by atoms with van der Waals surface area (Å²) in [6, 6.07) is 2.56. The van der Waals surface area contributed by atoms with E-state index in [4.69, 9.17) is 4.74 Å². The lowest BCUT2D eigenvalue weighted by atomic mass is 9.85. The van der Waals surface area contributed by atoms with Crippen molar-refractivity contribution in [2.24, 2.45) is 0 Å². The summed E-state index contributed by atoms with van der Waals surface area (Å²) in [5.74, 6) is -0.795. The highest BCUT2D eigenvalue weighted by Gasteiger charge is 2.39. The van der Waals surface area contributed by atoms with Gasteiger partial charge in [-0.15, -0.1) is 0 Å². The van der Waals surface area contributed by atoms with E-state index < -0.39 is 70.6 Å². The second-order valence-electron chi connectivity index (χ2n) is 10.4. The molecule has 0 radical (unpaired) electrons. The van der Waals surface area contributed by atoms with Gasteiger partial charge in [-0.25, -0.2) is 9.59 Å². The summed E-state index contributed by atoms with van der Waals surface area (Å²) >= 11 is 0. The Hall–Kier alpha value is -3.65. The number of nitrogens with one attached hydrogen (secondary N) is 2. The Morgan fingerprint density at radius 2 is 1.32 bits per heavy atom. The molecular weight excluding hydrogens is 573 g/mol. The number of piperidine rings is 1. The van der Waals surface area contributed by atoms with Crippen molar-refractivity contribution in [1.82, 2.24) is 10.2 Å². The molecule has 1 fully saturated rings. The fraction of sp³-hybridized carbons (Fsp3) is 0.462. The molecule has 1 heterocycles. The van der Waals surface area contributed by atoms with Crippen LogP contribution in [0.4, 0.5) is 54.8 Å². The molecule has 2 atom stereocenters. The molecule has 1 aliphatic heterocycles. The number of benzene rings is 2. The lowest BCUT2D eigenvalue weighted by molar-refractivity contribution is -0.143. The lowest BCUT2D eigenvalue weighted by Gasteiger charge is -2.39. The number of rotatable bonds is 3. The van der Waals surface area contributed by atoms with Crippen LogP contribution < -0.4 is 10.6 Å². The SMILES string of the molecule is CC(C)(C)OC(=O)N1CC[C@@H](NC(=O)Nc2cc(C(F)(F)F)cc(C(F)(F)F)c2)[C@H](c2ccc(C(F)(F)F)cc2)C1. The lowest BCUT2D eigenvalue weighted by Crippen LogP contribution is -2.52. The van der Waals surface area contributed by atoms with Gasteiger partial charge in [0.05, 0.1) is 16.7 Å². The van der Waals surface area contributed by atoms with Crippen LogP contribution in [0.25, 0.3) is 0 Å². The van der Waals surface area contributed by atoms with Gasteiger partial charge in [0.25, 0.3) is 0 Å². The first-order valence-corrected chi connectivity index (χ1v) is 12.2. The fourth-order valence-electron chi connectivity index (χ4n) is 4.24. The third kappa shape index (κ3) is 8.67. The highest BCUT2D eigenvalue weighted by atomic mass is 19.4. The summed E-state index contributed by atoms with van der Waals surface area (Å²) in [5, 5.41) is 4.45. The number of urea groups is 1. The van der Waals surface area contributed by atoms with Crippen molar-refractivity contribution in [3.05, 3.63) is 64.7 Å². The molecule has 3 amide bonds. The van der Waals surface area contributed by atoms with Gasteiger partial charge < -0.3 is 20.3 Å². The molecule has 0 aliphatic carbocycles. The molecular formula is C26H26F9N3O3. The first-order valence-electron chi connectivity index (χ1n) is 12.2. The maximum Gasteiger partial charge on any atom is 0.416 e. The minimum absolute atomic E-state index is 0.0405. The molecule has 0 spiro atoms. The van der Waals surface area contributed by atoms with E-state index in [1.807, 2.05) is 5.32 Å². The smallest absolute Gasteiger partial charge is 0.416 e. The molecule has 2 aromatic rings. The van der Waals surface area contributed by atoms with Gasteiger partial charge in [0, 0.05) is 30.7 Å². The van der Waals surface area contributed by atoms with E-state index in [-0.39, 0.29) is 25.6 Å². The van der Waals surface area contributed by atoms with E-state index in [0.717, 1.165) is 12.1 Å². The third-order valence-corrected chi connectivity index (χ3v) is 6.09. The molecule has 2 N–H and O–H groups in total. The zero-order chi connectivity index (χ0) is 31.0. The Morgan fingerprint density at radius 3 is 1.78 bits per heavy atom. The van der Waals surface area contributed by atoms with Gasteiger partial charge in [-0.3, -0.25) is 0 Å². The first kappa shape index (κ1) is 31.9. The van der Waals surface area contributed by atoms with Gasteiger partial charge in [-0.05, 0) is 63.1 Å². The number of amides is 3. The number of hydrogen-bond acceptors (Lipinski definition) is 3. The summed E-state index contributed by atoms with van der Waals surface area (Å²) in [7, 11) is 0. The van der Waals surface area contributed by atoms with Crippen LogP contribution in [0.1, 0.15) is 55.4 Å². The maximum absolute atomic E-state index is 13.2. The average molecular weight is 599 g/mol. The molecule has 15 heteroatoms. The van der Waals surface area contributed by atoms with Gasteiger partial charge in [-0.2, -0.15) is 39.5 Å². The maximum atomic E-state index is 13.2. The number of likely N-dealkylation sites (tertiary alicyclic amines) is 1. The third-order valence-electron chi connectivity index (χ3n) is 6.09. The van der Waals surface area contributed by atoms with Crippen LogP contribution in [0.5, 0.6) is 0 Å². The van der Waals surface area contributed by atoms with Crippen LogP contribution in [0, 0.1) is 0 Å². The summed E-state index contributed by atoms with van der Waals surface area (Å²) in [6.07, 6.45) is -15.5. The molecule has 0 aromatic heterocycles. The van der Waals surface area contributed by atoms with Crippen LogP contribution in [0.15, 0.2) is 42.5 Å². The molecule has 1 aliphatic rings. The first-order chi connectivity index (χ1) is 18.6. The normalized spacial score (nSPS) is 18.6. The Balaban J connectivity index is 1.86. The number of carbonyl (C=O) groups excluding carboxylic acids is 2. The van der Waals surface area contributed by atoms with Gasteiger partial charge in [0.2, 0.25) is 0 Å². The molecule has 2 aromatic carbocycles. The number of anilines is 1. The second kappa shape index (κ2) is 11.3. The molecule has 6 nitrogen and oxygen atoms in total. The van der Waals surface area contributed by atoms with Crippen molar-refractivity contribution in [2.45, 2.75) is 63.3 Å². The fourth-order valence-corrected chi connectivity index (χ4v) is 4.24. The van der Waals surface area contributed by atoms with Crippen molar-refractivity contribution >= 4 is 17.8 Å². The van der Waals surface area contributed by atoms with E-state index >= 15 is 0 Å². The van der Waals surface area contributed by atoms with Crippen molar-refractivity contribution in [3.8, 4) is 0 Å². The second-order valence-corrected chi connectivity index (χ2v) is 10.4. The van der Waals surface area contributed by atoms with Gasteiger partial charge >= 0.3 is 30.7 Å². The minimum atomic E-state index is -5.13. The number of carbonyl (C=O) groups is 2. The zero-order valence-electron chi connectivity index (χ0n) is 21.9. The topological polar surface area (TPSA) is 70.7 Å². The number of hydrogen-bond donors (Lipinski definition) is 2. The standard InChI is InChI=1S/C26H26F9N3O3/c1-23(2,3)41-22(40)38-9-8-20(19(13-38)14-4-6-15(7-5-14)24(27,28)29)37-21(39)36-18-11-16(25(30,31)32)10-17(12-18)26(33,34)35/h4-7,10-12,19-20H,8-9,13H2,1-3H3,(H2,36,37,39)/t19-,20+/m0/s1. The van der Waals surface area contributed by atoms with E-state index in [0.29, 0.717) is 17.7 Å². The number of ether oxygens (including phenoxy) is 1. The van der Waals surface area contributed by atoms with E-state index in [9.17, 15) is 49.1 Å². The number of halogens is 9. The van der Waals surface area contributed by atoms with Crippen LogP contribution in [0.3, 0.4) is 0 Å². The highest BCUT2D eigenvalue weighted by Crippen LogP contribution is 2.38. The molecule has 3 rings (SSSR count). The van der Waals surface area contributed by atoms with Crippen LogP contribution in [0.2, 0.25) is 0 Å². The molecule has 0 unspecified atom stereocenters. The van der Waals surface area contributed by atoms with Gasteiger partial charge in [-0.1, -0.05) is 12.1 Å². The predicted molar refractivity (Wildman–Crippen MR) is 129 cm³/mol. The van der Waals surface area contributed by atoms with Crippen molar-refractivity contribution in [3.63, 3.8) is 0 Å². The Bertz CT molecular complexity index is 1220. The highest BCUT2D eigenvalue weighted by molar-refractivity contribution is 5.89. The summed E-state index contributed by atoms with van der Waals surface area (Å²) in [6.45, 7) is 4.84. The summed E-state index contributed by atoms with van der Waals surface area (Å²) in [4.78, 5) is 26.7. The average Bonchev–Trinajstić information content (AvgIpc) is 2.81. The Morgan fingerprint density at radius 1 is 0.805 bits per heavy atom. The van der Waals surface area contributed by atoms with Crippen molar-refractivity contribution < 1.29 is 53.8 Å². The van der Waals surface area contributed by atoms with Gasteiger partial charge in [0.1, 0.15) is 5.60 Å². The largest absolute Gasteiger partial charge is 0.444 e. The van der Waals surface area contributed by atoms with Crippen molar-refractivity contribution in [2.75, 3.05) is 18.4 Å². The van der Waals surface area contributed by atoms with Crippen LogP contribution in [-0.2, 0) is 23.3 Å². The van der Waals surface area contributed by atoms with Crippen LogP contribution >= 0.6 is 0 Å². The molecule has 1 saturated heterocycles. The molecule has 0 bridgehead atoms.